The van der Waals surface area contributed by atoms with Crippen LogP contribution in [0.4, 0.5) is 21.9 Å². The molecule has 2 N–H and O–H groups in total. The minimum atomic E-state index is -0.507. The third-order valence-corrected chi connectivity index (χ3v) is 8.09. The maximum atomic E-state index is 12.7. The summed E-state index contributed by atoms with van der Waals surface area (Å²) in [4.78, 5) is 44.3. The third-order valence-electron chi connectivity index (χ3n) is 8.09. The van der Waals surface area contributed by atoms with Gasteiger partial charge >= 0.3 is 11.8 Å². The van der Waals surface area contributed by atoms with E-state index in [1.165, 1.54) is 7.11 Å². The number of aliphatic imine (C=N–C) groups is 1. The van der Waals surface area contributed by atoms with E-state index in [-0.39, 0.29) is 30.1 Å². The lowest BCUT2D eigenvalue weighted by atomic mass is 10.0. The zero-order chi connectivity index (χ0) is 33.9. The van der Waals surface area contributed by atoms with Crippen LogP contribution in [0.1, 0.15) is 66.0 Å². The number of methoxy groups -OCH3 is 1. The fraction of sp³-hybridized carbons (Fsp3) is 0.529. The van der Waals surface area contributed by atoms with Crippen LogP contribution in [0.3, 0.4) is 0 Å². The molecule has 2 unspecified atom stereocenters. The van der Waals surface area contributed by atoms with E-state index in [1.807, 2.05) is 45.6 Å². The fourth-order valence-electron chi connectivity index (χ4n) is 6.19. The van der Waals surface area contributed by atoms with Crippen LogP contribution in [-0.4, -0.2) is 94.9 Å². The largest absolute Gasteiger partial charge is 0.494 e. The number of amidine groups is 1. The lowest BCUT2D eigenvalue weighted by molar-refractivity contribution is -0.736. The number of fused-ring (bicyclic) bond motifs is 4. The first-order chi connectivity index (χ1) is 21.8. The van der Waals surface area contributed by atoms with Crippen molar-refractivity contribution in [1.29, 1.82) is 0 Å². The Morgan fingerprint density at radius 2 is 1.76 bits per heavy atom. The number of carbonyl (C=O) groups excluding carboxylic acids is 1. The second kappa shape index (κ2) is 14.0. The molecule has 1 aromatic heterocycles. The summed E-state index contributed by atoms with van der Waals surface area (Å²) in [5.74, 6) is 0.676. The van der Waals surface area contributed by atoms with Crippen LogP contribution in [-0.2, 0) is 20.9 Å². The topological polar surface area (TPSA) is 123 Å². The van der Waals surface area contributed by atoms with Crippen LogP contribution < -0.4 is 4.90 Å². The van der Waals surface area contributed by atoms with E-state index >= 15 is 0 Å². The number of ether oxygens (including phenoxy) is 2. The molecule has 6 rings (SSSR count). The van der Waals surface area contributed by atoms with E-state index in [2.05, 4.69) is 45.5 Å². The van der Waals surface area contributed by atoms with E-state index in [1.54, 1.807) is 32.4 Å². The molecule has 12 heteroatoms. The van der Waals surface area contributed by atoms with Crippen LogP contribution in [0.15, 0.2) is 41.4 Å². The Hall–Kier alpha value is -4.32. The molecule has 3 aromatic rings. The van der Waals surface area contributed by atoms with Gasteiger partial charge in [-0.25, -0.2) is 14.6 Å². The molecule has 3 aliphatic heterocycles. The van der Waals surface area contributed by atoms with Crippen LogP contribution in [0.2, 0.25) is 0 Å². The van der Waals surface area contributed by atoms with E-state index < -0.39 is 5.60 Å². The number of rotatable bonds is 5. The predicted molar refractivity (Wildman–Crippen MR) is 180 cm³/mol. The zero-order valence-corrected chi connectivity index (χ0v) is 28.7. The number of anilines is 1. The van der Waals surface area contributed by atoms with Crippen molar-refractivity contribution in [2.75, 3.05) is 39.3 Å². The Morgan fingerprint density at radius 1 is 1.07 bits per heavy atom. The molecule has 0 spiro atoms. The number of nitrogens with zero attached hydrogens (tertiary/aromatic N) is 5. The molecule has 0 aliphatic carbocycles. The molecule has 0 saturated carbocycles. The standard InChI is InChI=1S/C30H36N6O5.C2H6O.C2H6/c1-17(2)33-14-18-11-19(34-15-22-12-21(34)16-35(22)29(38)41-30(3,4)5)8-10-24(18)31-27(33)26-23-9-7-20(36(39)40-6)13-25(23)32-28(26)37;1-3-2;1-2/h7-11,13,17,21-22H,12,14-16H2,1-6H3,(H-,31,32,37,39);1-2H3;1-2H3/p+1. The van der Waals surface area contributed by atoms with E-state index in [0.29, 0.717) is 40.6 Å². The summed E-state index contributed by atoms with van der Waals surface area (Å²) in [6.45, 7) is 16.0. The lowest BCUT2D eigenvalue weighted by Gasteiger charge is -2.37. The molecule has 1 amide bonds. The quantitative estimate of drug-likeness (QED) is 0.299. The maximum Gasteiger partial charge on any atom is 0.410 e. The van der Waals surface area contributed by atoms with Crippen LogP contribution in [0, 0.1) is 4.91 Å². The molecular weight excluding hydrogens is 588 g/mol. The summed E-state index contributed by atoms with van der Waals surface area (Å²) >= 11 is 0. The number of amides is 1. The van der Waals surface area contributed by atoms with Crippen LogP contribution in [0.5, 0.6) is 5.88 Å². The molecule has 2 fully saturated rings. The minimum absolute atomic E-state index is 0.000815. The van der Waals surface area contributed by atoms with Gasteiger partial charge in [-0.2, -0.15) is 0 Å². The highest BCUT2D eigenvalue weighted by Crippen LogP contribution is 2.40. The lowest BCUT2D eigenvalue weighted by Crippen LogP contribution is -2.50. The van der Waals surface area contributed by atoms with Crippen molar-refractivity contribution < 1.29 is 29.1 Å². The average molecular weight is 638 g/mol. The SMILES string of the molecule is CC.COC.CO[N+](=O)c1ccc2c(C3=Nc4ccc(N5CC6CC5CN6C(=O)OC(C)(C)C)cc4CN3C(C)C)c(O)[nH]c2c1. The second-order valence-corrected chi connectivity index (χ2v) is 12.7. The van der Waals surface area contributed by atoms with Crippen molar-refractivity contribution in [1.82, 2.24) is 14.8 Å². The molecule has 2 bridgehead atoms. The third kappa shape index (κ3) is 6.91. The number of nitrogens with one attached hydrogen (secondary N) is 1. The number of hydrogen-bond acceptors (Lipinski definition) is 9. The molecule has 3 aliphatic rings. The fourth-order valence-corrected chi connectivity index (χ4v) is 6.19. The smallest absolute Gasteiger partial charge is 0.410 e. The monoisotopic (exact) mass is 637 g/mol. The average Bonchev–Trinajstić information content (AvgIpc) is 3.72. The Morgan fingerprint density at radius 3 is 2.35 bits per heavy atom. The number of aromatic amines is 1. The van der Waals surface area contributed by atoms with Crippen LogP contribution in [0.25, 0.3) is 10.9 Å². The van der Waals surface area contributed by atoms with E-state index in [4.69, 9.17) is 14.6 Å². The maximum absolute atomic E-state index is 12.7. The number of benzene rings is 2. The first-order valence-electron chi connectivity index (χ1n) is 15.9. The number of likely N-dealkylation sites (tertiary alicyclic amines) is 1. The van der Waals surface area contributed by atoms with Crippen molar-refractivity contribution in [2.24, 2.45) is 4.99 Å². The summed E-state index contributed by atoms with van der Waals surface area (Å²) in [6, 6.07) is 12.0. The normalized spacial score (nSPS) is 18.4. The Bertz CT molecular complexity index is 1590. The van der Waals surface area contributed by atoms with E-state index in [9.17, 15) is 14.8 Å². The van der Waals surface area contributed by atoms with Gasteiger partial charge in [-0.1, -0.05) is 13.8 Å². The summed E-state index contributed by atoms with van der Waals surface area (Å²) in [6.07, 6.45) is 0.706. The number of carbonyl (C=O) groups is 1. The molecule has 46 heavy (non-hydrogen) atoms. The molecule has 2 aromatic carbocycles. The Labute approximate surface area is 271 Å². The van der Waals surface area contributed by atoms with Crippen molar-refractivity contribution in [3.8, 4) is 5.88 Å². The van der Waals surface area contributed by atoms with Gasteiger partial charge < -0.3 is 34.3 Å². The molecule has 12 nitrogen and oxygen atoms in total. The summed E-state index contributed by atoms with van der Waals surface area (Å²) in [7, 11) is 4.56. The Kier molecular flexibility index (Phi) is 10.5. The first kappa shape index (κ1) is 34.6. The van der Waals surface area contributed by atoms with Gasteiger partial charge in [0, 0.05) is 69.1 Å². The zero-order valence-electron chi connectivity index (χ0n) is 28.7. The second-order valence-electron chi connectivity index (χ2n) is 12.7. The van der Waals surface area contributed by atoms with Crippen LogP contribution >= 0.6 is 0 Å². The van der Waals surface area contributed by atoms with Crippen molar-refractivity contribution >= 4 is 39.9 Å². The highest BCUT2D eigenvalue weighted by Gasteiger charge is 2.46. The van der Waals surface area contributed by atoms with Gasteiger partial charge in [0.1, 0.15) is 11.4 Å². The molecule has 2 saturated heterocycles. The van der Waals surface area contributed by atoms with Crippen molar-refractivity contribution in [3.05, 3.63) is 52.4 Å². The minimum Gasteiger partial charge on any atom is -0.494 e. The molecule has 2 atom stereocenters. The van der Waals surface area contributed by atoms with E-state index in [0.717, 1.165) is 35.3 Å². The number of piperazine rings is 1. The highest BCUT2D eigenvalue weighted by molar-refractivity contribution is 6.13. The number of hydrogen-bond donors (Lipinski definition) is 2. The Balaban J connectivity index is 0.000000908. The first-order valence-corrected chi connectivity index (χ1v) is 15.9. The van der Waals surface area contributed by atoms with Gasteiger partial charge in [0.05, 0.1) is 27.7 Å². The number of aromatic nitrogens is 1. The molecule has 250 valence electrons. The van der Waals surface area contributed by atoms with Gasteiger partial charge in [0.15, 0.2) is 7.11 Å². The number of aromatic hydroxyl groups is 1. The summed E-state index contributed by atoms with van der Waals surface area (Å²) in [5.41, 5.74) is 4.13. The predicted octanol–water partition coefficient (Wildman–Crippen LogP) is 6.63. The van der Waals surface area contributed by atoms with Crippen molar-refractivity contribution in [3.63, 3.8) is 0 Å². The van der Waals surface area contributed by atoms with Gasteiger partial charge in [0.25, 0.3) is 4.92 Å². The summed E-state index contributed by atoms with van der Waals surface area (Å²) in [5, 5.41) is 11.7. The molecular formula is C34H49N6O6+. The van der Waals surface area contributed by atoms with Gasteiger partial charge in [-0.3, -0.25) is 0 Å². The van der Waals surface area contributed by atoms with Crippen molar-refractivity contribution in [2.45, 2.75) is 85.2 Å². The molecule has 0 radical (unpaired) electrons. The van der Waals surface area contributed by atoms with Gasteiger partial charge in [0.2, 0.25) is 5.88 Å². The van der Waals surface area contributed by atoms with Gasteiger partial charge in [-0.15, -0.1) is 0 Å². The number of H-pyrrole nitrogens is 1. The highest BCUT2D eigenvalue weighted by atomic mass is 16.8. The summed E-state index contributed by atoms with van der Waals surface area (Å²) < 4.78 is 9.88. The van der Waals surface area contributed by atoms with Gasteiger partial charge in [-0.05, 0) is 70.9 Å². The molecule has 4 heterocycles.